The number of rotatable bonds is 4. The summed E-state index contributed by atoms with van der Waals surface area (Å²) in [6.07, 6.45) is 2.50. The molecule has 0 radical (unpaired) electrons. The monoisotopic (exact) mass is 224 g/mol. The summed E-state index contributed by atoms with van der Waals surface area (Å²) in [5.41, 5.74) is 2.94. The first-order chi connectivity index (χ1) is 7.61. The van der Waals surface area contributed by atoms with Crippen molar-refractivity contribution in [2.24, 2.45) is 17.7 Å². The lowest BCUT2D eigenvalue weighted by Crippen LogP contribution is -2.45. The Morgan fingerprint density at radius 1 is 1.31 bits per heavy atom. The van der Waals surface area contributed by atoms with E-state index < -0.39 is 0 Å². The van der Waals surface area contributed by atoms with E-state index in [0.29, 0.717) is 24.0 Å². The predicted octanol–water partition coefficient (Wildman–Crippen LogP) is 1.68. The molecule has 0 saturated carbocycles. The van der Waals surface area contributed by atoms with Crippen LogP contribution in [0.2, 0.25) is 0 Å². The minimum atomic E-state index is 0.278. The van der Waals surface area contributed by atoms with E-state index >= 15 is 0 Å². The van der Waals surface area contributed by atoms with Gasteiger partial charge in [-0.2, -0.15) is 0 Å². The molecule has 92 valence electrons. The molecule has 1 fully saturated rings. The van der Waals surface area contributed by atoms with E-state index in [0.717, 1.165) is 12.8 Å². The highest BCUT2D eigenvalue weighted by atomic mass is 16.5. The molecular formula is C13H24N2O. The van der Waals surface area contributed by atoms with Crippen molar-refractivity contribution in [2.75, 3.05) is 0 Å². The Balaban J connectivity index is 2.59. The molecule has 0 amide bonds. The lowest BCUT2D eigenvalue weighted by molar-refractivity contribution is 0.0472. The number of nitrogens with one attached hydrogen (secondary N) is 1. The Kier molecular flexibility index (Phi) is 5.27. The van der Waals surface area contributed by atoms with Crippen LogP contribution in [-0.2, 0) is 4.74 Å². The van der Waals surface area contributed by atoms with Crippen molar-refractivity contribution in [3.63, 3.8) is 0 Å². The summed E-state index contributed by atoms with van der Waals surface area (Å²) >= 11 is 0. The normalized spacial score (nSPS) is 35.6. The van der Waals surface area contributed by atoms with Crippen LogP contribution in [0.15, 0.2) is 0 Å². The molecule has 3 heteroatoms. The molecule has 0 aromatic heterocycles. The van der Waals surface area contributed by atoms with Gasteiger partial charge in [0.1, 0.15) is 0 Å². The molecule has 1 rings (SSSR count). The maximum absolute atomic E-state index is 5.84. The smallest absolute Gasteiger partial charge is 0.0597 e. The second-order valence-electron chi connectivity index (χ2n) is 4.72. The van der Waals surface area contributed by atoms with Crippen molar-refractivity contribution < 1.29 is 4.74 Å². The van der Waals surface area contributed by atoms with Gasteiger partial charge in [-0.25, -0.2) is 0 Å². The molecule has 5 atom stereocenters. The molecule has 1 aliphatic rings. The maximum Gasteiger partial charge on any atom is 0.0597 e. The van der Waals surface area contributed by atoms with Gasteiger partial charge in [0.2, 0.25) is 0 Å². The summed E-state index contributed by atoms with van der Waals surface area (Å²) in [6.45, 7) is 8.40. The quantitative estimate of drug-likeness (QED) is 0.434. The fourth-order valence-corrected chi connectivity index (χ4v) is 2.73. The van der Waals surface area contributed by atoms with E-state index in [2.05, 4.69) is 38.0 Å². The van der Waals surface area contributed by atoms with Crippen LogP contribution in [0.5, 0.6) is 0 Å². The van der Waals surface area contributed by atoms with Gasteiger partial charge in [-0.15, -0.1) is 11.8 Å². The van der Waals surface area contributed by atoms with Crippen molar-refractivity contribution in [2.45, 2.75) is 58.8 Å². The Bertz CT molecular complexity index is 269. The van der Waals surface area contributed by atoms with Crippen molar-refractivity contribution >= 4 is 0 Å². The van der Waals surface area contributed by atoms with Gasteiger partial charge in [0.15, 0.2) is 0 Å². The molecule has 0 aromatic carbocycles. The zero-order valence-corrected chi connectivity index (χ0v) is 10.8. The molecule has 0 aliphatic carbocycles. The Morgan fingerprint density at radius 2 is 2.00 bits per heavy atom. The van der Waals surface area contributed by atoms with E-state index in [1.165, 1.54) is 0 Å². The van der Waals surface area contributed by atoms with Crippen LogP contribution in [0.25, 0.3) is 0 Å². The predicted molar refractivity (Wildman–Crippen MR) is 66.5 cm³/mol. The fourth-order valence-electron chi connectivity index (χ4n) is 2.73. The number of nitrogens with two attached hydrogens (primary N) is 1. The van der Waals surface area contributed by atoms with Gasteiger partial charge in [0.05, 0.1) is 12.2 Å². The number of hydrogen-bond donors (Lipinski definition) is 2. The van der Waals surface area contributed by atoms with Crippen molar-refractivity contribution in [1.29, 1.82) is 0 Å². The minimum Gasteiger partial charge on any atom is -0.375 e. The van der Waals surface area contributed by atoms with Crippen molar-refractivity contribution in [3.05, 3.63) is 0 Å². The van der Waals surface area contributed by atoms with E-state index in [1.54, 1.807) is 0 Å². The molecule has 5 unspecified atom stereocenters. The summed E-state index contributed by atoms with van der Waals surface area (Å²) in [7, 11) is 0. The van der Waals surface area contributed by atoms with Crippen LogP contribution in [0.3, 0.4) is 0 Å². The molecule has 1 heterocycles. The first-order valence-corrected chi connectivity index (χ1v) is 6.13. The Morgan fingerprint density at radius 3 is 2.44 bits per heavy atom. The maximum atomic E-state index is 5.84. The van der Waals surface area contributed by atoms with Gasteiger partial charge < -0.3 is 4.74 Å². The SMILES string of the molecule is CC#CCCC(NN)C1C(C)OC(C)C1C. The molecule has 3 N–H and O–H groups in total. The summed E-state index contributed by atoms with van der Waals surface area (Å²) in [6, 6.07) is 0.302. The third kappa shape index (κ3) is 2.98. The number of ether oxygens (including phenoxy) is 1. The second-order valence-corrected chi connectivity index (χ2v) is 4.72. The molecule has 1 aliphatic heterocycles. The minimum absolute atomic E-state index is 0.278. The van der Waals surface area contributed by atoms with Crippen LogP contribution in [-0.4, -0.2) is 18.2 Å². The van der Waals surface area contributed by atoms with Gasteiger partial charge in [0, 0.05) is 18.4 Å². The van der Waals surface area contributed by atoms with Gasteiger partial charge in [-0.05, 0) is 33.1 Å². The summed E-state index contributed by atoms with van der Waals surface area (Å²) in [4.78, 5) is 0. The molecular weight excluding hydrogens is 200 g/mol. The molecule has 0 bridgehead atoms. The van der Waals surface area contributed by atoms with Crippen molar-refractivity contribution in [3.8, 4) is 11.8 Å². The van der Waals surface area contributed by atoms with Crippen LogP contribution < -0.4 is 11.3 Å². The highest BCUT2D eigenvalue weighted by Crippen LogP contribution is 2.35. The Hall–Kier alpha value is -0.560. The zero-order chi connectivity index (χ0) is 12.1. The van der Waals surface area contributed by atoms with E-state index in [9.17, 15) is 0 Å². The molecule has 0 aromatic rings. The lowest BCUT2D eigenvalue weighted by atomic mass is 9.82. The Labute approximate surface area is 99.1 Å². The van der Waals surface area contributed by atoms with Gasteiger partial charge >= 0.3 is 0 Å². The first kappa shape index (κ1) is 13.5. The number of hydrogen-bond acceptors (Lipinski definition) is 3. The van der Waals surface area contributed by atoms with Gasteiger partial charge in [-0.3, -0.25) is 11.3 Å². The molecule has 16 heavy (non-hydrogen) atoms. The largest absolute Gasteiger partial charge is 0.375 e. The molecule has 3 nitrogen and oxygen atoms in total. The average molecular weight is 224 g/mol. The zero-order valence-electron chi connectivity index (χ0n) is 10.8. The number of hydrazine groups is 1. The summed E-state index contributed by atoms with van der Waals surface area (Å²) in [5, 5.41) is 0. The van der Waals surface area contributed by atoms with E-state index in [-0.39, 0.29) is 6.10 Å². The van der Waals surface area contributed by atoms with Gasteiger partial charge in [0.25, 0.3) is 0 Å². The van der Waals surface area contributed by atoms with Gasteiger partial charge in [-0.1, -0.05) is 6.92 Å². The van der Waals surface area contributed by atoms with E-state index in [4.69, 9.17) is 10.6 Å². The second kappa shape index (κ2) is 6.24. The van der Waals surface area contributed by atoms with E-state index in [1.807, 2.05) is 6.92 Å². The third-order valence-electron chi connectivity index (χ3n) is 3.75. The van der Waals surface area contributed by atoms with Crippen molar-refractivity contribution in [1.82, 2.24) is 5.43 Å². The topological polar surface area (TPSA) is 47.3 Å². The van der Waals surface area contributed by atoms with Crippen LogP contribution >= 0.6 is 0 Å². The molecule has 1 saturated heterocycles. The average Bonchev–Trinajstić information content (AvgIpc) is 2.50. The fraction of sp³-hybridized carbons (Fsp3) is 0.846. The highest BCUT2D eigenvalue weighted by Gasteiger charge is 2.40. The summed E-state index contributed by atoms with van der Waals surface area (Å²) < 4.78 is 5.84. The first-order valence-electron chi connectivity index (χ1n) is 6.13. The third-order valence-corrected chi connectivity index (χ3v) is 3.75. The van der Waals surface area contributed by atoms with Crippen LogP contribution in [0, 0.1) is 23.7 Å². The highest BCUT2D eigenvalue weighted by molar-refractivity contribution is 4.98. The lowest BCUT2D eigenvalue weighted by Gasteiger charge is -2.27. The summed E-state index contributed by atoms with van der Waals surface area (Å²) in [5.74, 6) is 12.7. The van der Waals surface area contributed by atoms with Crippen LogP contribution in [0.1, 0.15) is 40.5 Å². The van der Waals surface area contributed by atoms with Crippen LogP contribution in [0.4, 0.5) is 0 Å². The standard InChI is InChI=1S/C13H24N2O/c1-5-6-7-8-12(15-14)13-9(2)10(3)16-11(13)4/h9-13,15H,7-8,14H2,1-4H3. The molecule has 0 spiro atoms.